The molecule has 0 aliphatic rings. The van der Waals surface area contributed by atoms with Crippen molar-refractivity contribution in [2.75, 3.05) is 0 Å². The highest BCUT2D eigenvalue weighted by Gasteiger charge is 2.08. The number of hydrogen-bond donors (Lipinski definition) is 1. The third-order valence-electron chi connectivity index (χ3n) is 1.94. The van der Waals surface area contributed by atoms with Gasteiger partial charge in [-0.15, -0.1) is 0 Å². The lowest BCUT2D eigenvalue weighted by Gasteiger charge is -1.95. The van der Waals surface area contributed by atoms with E-state index in [0.29, 0.717) is 5.56 Å². The molecule has 4 heteroatoms. The molecular weight excluding hydrogens is 190 g/mol. The van der Waals surface area contributed by atoms with Gasteiger partial charge in [0.1, 0.15) is 0 Å². The molecule has 0 fully saturated rings. The van der Waals surface area contributed by atoms with Gasteiger partial charge in [0.25, 0.3) is 5.91 Å². The Bertz CT molecular complexity index is 474. The van der Waals surface area contributed by atoms with Crippen molar-refractivity contribution in [3.63, 3.8) is 0 Å². The van der Waals surface area contributed by atoms with Crippen LogP contribution in [-0.2, 0) is 0 Å². The van der Waals surface area contributed by atoms with Gasteiger partial charge in [0, 0.05) is 6.20 Å². The first-order valence-corrected chi connectivity index (χ1v) is 4.92. The van der Waals surface area contributed by atoms with Crippen LogP contribution in [0, 0.1) is 6.92 Å². The van der Waals surface area contributed by atoms with Crippen LogP contribution in [0.4, 0.5) is 0 Å². The summed E-state index contributed by atoms with van der Waals surface area (Å²) in [6.07, 6.45) is 3.29. The zero-order valence-corrected chi connectivity index (χ0v) is 9.19. The fourth-order valence-electron chi connectivity index (χ4n) is 1.28. The third-order valence-corrected chi connectivity index (χ3v) is 1.94. The minimum Gasteiger partial charge on any atom is -0.365 e. The molecule has 0 saturated heterocycles. The Balaban J connectivity index is 0.000000531. The fourth-order valence-corrected chi connectivity index (χ4v) is 1.28. The number of nitrogens with two attached hydrogens (primary N) is 1. The van der Waals surface area contributed by atoms with Crippen molar-refractivity contribution in [1.82, 2.24) is 9.61 Å². The van der Waals surface area contributed by atoms with Gasteiger partial charge in [0.2, 0.25) is 0 Å². The molecule has 15 heavy (non-hydrogen) atoms. The van der Waals surface area contributed by atoms with Crippen LogP contribution >= 0.6 is 0 Å². The molecule has 0 aromatic carbocycles. The minimum atomic E-state index is -0.444. The lowest BCUT2D eigenvalue weighted by molar-refractivity contribution is 0.100. The fraction of sp³-hybridized carbons (Fsp3) is 0.273. The second kappa shape index (κ2) is 4.59. The Hall–Kier alpha value is -1.84. The lowest BCUT2D eigenvalue weighted by atomic mass is 10.2. The van der Waals surface area contributed by atoms with Crippen LogP contribution in [-0.4, -0.2) is 15.5 Å². The van der Waals surface area contributed by atoms with Crippen LogP contribution in [0.5, 0.6) is 0 Å². The van der Waals surface area contributed by atoms with Crippen molar-refractivity contribution >= 4 is 11.4 Å². The summed E-state index contributed by atoms with van der Waals surface area (Å²) in [5, 5.41) is 4.00. The van der Waals surface area contributed by atoms with E-state index in [-0.39, 0.29) is 0 Å². The van der Waals surface area contributed by atoms with Crippen molar-refractivity contribution in [1.29, 1.82) is 0 Å². The molecule has 2 N–H and O–H groups in total. The topological polar surface area (TPSA) is 60.4 Å². The summed E-state index contributed by atoms with van der Waals surface area (Å²) in [6, 6.07) is 3.80. The molecule has 0 aliphatic heterocycles. The molecule has 2 aromatic rings. The van der Waals surface area contributed by atoms with Crippen molar-refractivity contribution in [2.24, 2.45) is 5.73 Å². The molecule has 0 aliphatic carbocycles. The average molecular weight is 205 g/mol. The number of hydrogen-bond acceptors (Lipinski definition) is 2. The number of primary amides is 1. The summed E-state index contributed by atoms with van der Waals surface area (Å²) in [5.41, 5.74) is 7.48. The van der Waals surface area contributed by atoms with Crippen LogP contribution in [0.1, 0.15) is 29.8 Å². The first-order chi connectivity index (χ1) is 7.18. The zero-order chi connectivity index (χ0) is 11.4. The molecular formula is C11H15N3O. The second-order valence-corrected chi connectivity index (χ2v) is 2.96. The van der Waals surface area contributed by atoms with E-state index in [0.717, 1.165) is 11.1 Å². The maximum atomic E-state index is 11.0. The van der Waals surface area contributed by atoms with Gasteiger partial charge < -0.3 is 5.73 Å². The number of pyridine rings is 1. The van der Waals surface area contributed by atoms with Crippen LogP contribution in [0.3, 0.4) is 0 Å². The van der Waals surface area contributed by atoms with Crippen LogP contribution in [0.15, 0.2) is 24.5 Å². The Morgan fingerprint density at radius 1 is 1.47 bits per heavy atom. The standard InChI is InChI=1S/C9H9N3O.C2H6/c1-6-2-3-12-8(4-6)7(5-11-12)9(10)13;1-2/h2-5H,1H3,(H2,10,13);1-2H3. The highest BCUT2D eigenvalue weighted by molar-refractivity contribution is 5.99. The zero-order valence-electron chi connectivity index (χ0n) is 9.19. The van der Waals surface area contributed by atoms with E-state index in [9.17, 15) is 4.79 Å². The van der Waals surface area contributed by atoms with E-state index >= 15 is 0 Å². The summed E-state index contributed by atoms with van der Waals surface area (Å²) in [4.78, 5) is 11.0. The number of aryl methyl sites for hydroxylation is 1. The van der Waals surface area contributed by atoms with Gasteiger partial charge in [-0.3, -0.25) is 4.79 Å². The number of aromatic nitrogens is 2. The number of carbonyl (C=O) groups is 1. The van der Waals surface area contributed by atoms with Crippen LogP contribution in [0.25, 0.3) is 5.52 Å². The van der Waals surface area contributed by atoms with Gasteiger partial charge in [0.15, 0.2) is 0 Å². The summed E-state index contributed by atoms with van der Waals surface area (Å²) < 4.78 is 1.63. The van der Waals surface area contributed by atoms with Crippen molar-refractivity contribution < 1.29 is 4.79 Å². The molecule has 2 heterocycles. The lowest BCUT2D eigenvalue weighted by Crippen LogP contribution is -2.10. The molecule has 1 amide bonds. The molecule has 80 valence electrons. The molecule has 4 nitrogen and oxygen atoms in total. The first kappa shape index (κ1) is 11.2. The number of amides is 1. The summed E-state index contributed by atoms with van der Waals surface area (Å²) in [5.74, 6) is -0.444. The third kappa shape index (κ3) is 2.15. The summed E-state index contributed by atoms with van der Waals surface area (Å²) in [6.45, 7) is 5.96. The molecule has 0 unspecified atom stereocenters. The minimum absolute atomic E-state index is 0.444. The summed E-state index contributed by atoms with van der Waals surface area (Å²) in [7, 11) is 0. The van der Waals surface area contributed by atoms with Crippen molar-refractivity contribution in [3.05, 3.63) is 35.7 Å². The van der Waals surface area contributed by atoms with E-state index in [1.807, 2.05) is 32.9 Å². The van der Waals surface area contributed by atoms with Gasteiger partial charge >= 0.3 is 0 Å². The first-order valence-electron chi connectivity index (χ1n) is 4.92. The van der Waals surface area contributed by atoms with Crippen molar-refractivity contribution in [2.45, 2.75) is 20.8 Å². The highest BCUT2D eigenvalue weighted by Crippen LogP contribution is 2.11. The molecule has 0 atom stereocenters. The Morgan fingerprint density at radius 2 is 2.13 bits per heavy atom. The maximum absolute atomic E-state index is 11.0. The van der Waals surface area contributed by atoms with Crippen molar-refractivity contribution in [3.8, 4) is 0 Å². The van der Waals surface area contributed by atoms with Crippen LogP contribution < -0.4 is 5.73 Å². The largest absolute Gasteiger partial charge is 0.365 e. The number of carbonyl (C=O) groups excluding carboxylic acids is 1. The highest BCUT2D eigenvalue weighted by atomic mass is 16.1. The predicted octanol–water partition coefficient (Wildman–Crippen LogP) is 1.77. The molecule has 0 spiro atoms. The molecule has 2 aromatic heterocycles. The van der Waals surface area contributed by atoms with E-state index in [2.05, 4.69) is 5.10 Å². The number of rotatable bonds is 1. The maximum Gasteiger partial charge on any atom is 0.252 e. The van der Waals surface area contributed by atoms with E-state index in [4.69, 9.17) is 5.73 Å². The van der Waals surface area contributed by atoms with E-state index < -0.39 is 5.91 Å². The molecule has 0 saturated carbocycles. The van der Waals surface area contributed by atoms with Gasteiger partial charge in [-0.2, -0.15) is 5.10 Å². The summed E-state index contributed by atoms with van der Waals surface area (Å²) >= 11 is 0. The molecule has 0 radical (unpaired) electrons. The van der Waals surface area contributed by atoms with Gasteiger partial charge in [0.05, 0.1) is 17.3 Å². The van der Waals surface area contributed by atoms with Gasteiger partial charge in [-0.05, 0) is 24.6 Å². The normalized spacial score (nSPS) is 9.53. The SMILES string of the molecule is CC.Cc1ccn2ncc(C(N)=O)c2c1. The number of nitrogens with zero attached hydrogens (tertiary/aromatic N) is 2. The molecule has 0 bridgehead atoms. The quantitative estimate of drug-likeness (QED) is 0.771. The monoisotopic (exact) mass is 205 g/mol. The number of fused-ring (bicyclic) bond motifs is 1. The van der Waals surface area contributed by atoms with Gasteiger partial charge in [-0.25, -0.2) is 4.52 Å². The van der Waals surface area contributed by atoms with E-state index in [1.165, 1.54) is 6.20 Å². The van der Waals surface area contributed by atoms with E-state index in [1.54, 1.807) is 10.7 Å². The second-order valence-electron chi connectivity index (χ2n) is 2.96. The average Bonchev–Trinajstić information content (AvgIpc) is 2.63. The Kier molecular flexibility index (Phi) is 3.44. The van der Waals surface area contributed by atoms with Crippen LogP contribution in [0.2, 0.25) is 0 Å². The Labute approximate surface area is 88.7 Å². The predicted molar refractivity (Wildman–Crippen MR) is 59.8 cm³/mol. The smallest absolute Gasteiger partial charge is 0.252 e. The Morgan fingerprint density at radius 3 is 2.73 bits per heavy atom. The van der Waals surface area contributed by atoms with Gasteiger partial charge in [-0.1, -0.05) is 13.8 Å². The molecule has 2 rings (SSSR count).